The predicted molar refractivity (Wildman–Crippen MR) is 140 cm³/mol. The number of ether oxygens (including phenoxy) is 1. The van der Waals surface area contributed by atoms with Crippen LogP contribution in [0.5, 0.6) is 5.75 Å². The van der Waals surface area contributed by atoms with Gasteiger partial charge < -0.3 is 20.1 Å². The van der Waals surface area contributed by atoms with Crippen LogP contribution in [0.2, 0.25) is 0 Å². The van der Waals surface area contributed by atoms with Crippen LogP contribution in [0.15, 0.2) is 53.7 Å². The Morgan fingerprint density at radius 2 is 1.95 bits per heavy atom. The third-order valence-electron chi connectivity index (χ3n) is 7.91. The van der Waals surface area contributed by atoms with Gasteiger partial charge in [0.1, 0.15) is 17.2 Å². The van der Waals surface area contributed by atoms with E-state index in [0.29, 0.717) is 40.3 Å². The molecule has 0 amide bonds. The van der Waals surface area contributed by atoms with E-state index in [9.17, 15) is 19.1 Å². The highest BCUT2D eigenvalue weighted by atomic mass is 19.1. The van der Waals surface area contributed by atoms with Gasteiger partial charge in [-0.15, -0.1) is 0 Å². The molecule has 4 aromatic rings. The summed E-state index contributed by atoms with van der Waals surface area (Å²) in [5, 5.41) is 13.8. The maximum Gasteiger partial charge on any atom is 0.308 e. The molecule has 3 aromatic heterocycles. The molecule has 1 aromatic carbocycles. The maximum atomic E-state index is 14.1. The number of carboxylic acids is 1. The Hall–Kier alpha value is -4.21. The van der Waals surface area contributed by atoms with Gasteiger partial charge in [-0.05, 0) is 74.8 Å². The fourth-order valence-corrected chi connectivity index (χ4v) is 6.14. The van der Waals surface area contributed by atoms with Crippen molar-refractivity contribution in [1.29, 1.82) is 0 Å². The summed E-state index contributed by atoms with van der Waals surface area (Å²) in [5.74, 6) is -0.947. The number of hydrogen-bond acceptors (Lipinski definition) is 6. The first-order chi connectivity index (χ1) is 18.4. The van der Waals surface area contributed by atoms with Gasteiger partial charge in [-0.25, -0.2) is 14.4 Å². The highest BCUT2D eigenvalue weighted by Crippen LogP contribution is 2.46. The van der Waals surface area contributed by atoms with Crippen LogP contribution in [-0.4, -0.2) is 43.2 Å². The summed E-state index contributed by atoms with van der Waals surface area (Å²) >= 11 is 0. The second kappa shape index (κ2) is 9.59. The van der Waals surface area contributed by atoms with Gasteiger partial charge in [-0.3, -0.25) is 14.2 Å². The highest BCUT2D eigenvalue weighted by Gasteiger charge is 2.47. The summed E-state index contributed by atoms with van der Waals surface area (Å²) in [6, 6.07) is 8.09. The fourth-order valence-electron chi connectivity index (χ4n) is 6.14. The number of hydrogen-bond donors (Lipinski definition) is 3. The molecule has 196 valence electrons. The van der Waals surface area contributed by atoms with Crippen LogP contribution in [0.25, 0.3) is 28.0 Å². The summed E-state index contributed by atoms with van der Waals surface area (Å²) in [6.07, 6.45) is 8.04. The summed E-state index contributed by atoms with van der Waals surface area (Å²) in [7, 11) is 0. The number of nitrogens with one attached hydrogen (secondary N) is 2. The number of benzene rings is 1. The summed E-state index contributed by atoms with van der Waals surface area (Å²) in [4.78, 5) is 37.8. The molecule has 38 heavy (non-hydrogen) atoms. The van der Waals surface area contributed by atoms with Gasteiger partial charge in [-0.2, -0.15) is 0 Å². The molecule has 0 saturated heterocycles. The van der Waals surface area contributed by atoms with Gasteiger partial charge in [0.25, 0.3) is 5.56 Å². The number of fused-ring (bicyclic) bond motifs is 4. The van der Waals surface area contributed by atoms with E-state index in [0.717, 1.165) is 31.9 Å². The number of H-pyrrole nitrogens is 1. The molecule has 3 heterocycles. The van der Waals surface area contributed by atoms with E-state index in [2.05, 4.69) is 20.3 Å². The fraction of sp³-hybridized carbons (Fsp3) is 0.357. The molecule has 0 spiro atoms. The van der Waals surface area contributed by atoms with Crippen molar-refractivity contribution in [3.63, 3.8) is 0 Å². The first-order valence-corrected chi connectivity index (χ1v) is 12.9. The number of carbonyl (C=O) groups is 1. The second-order valence-electron chi connectivity index (χ2n) is 10.0. The molecular formula is C28H28FN5O4. The van der Waals surface area contributed by atoms with Crippen molar-refractivity contribution in [3.05, 3.63) is 65.1 Å². The van der Waals surface area contributed by atoms with Crippen LogP contribution in [0.3, 0.4) is 0 Å². The smallest absolute Gasteiger partial charge is 0.308 e. The lowest BCUT2D eigenvalue weighted by Gasteiger charge is -2.47. The molecular weight excluding hydrogens is 489 g/mol. The van der Waals surface area contributed by atoms with E-state index < -0.39 is 29.3 Å². The van der Waals surface area contributed by atoms with E-state index in [1.54, 1.807) is 36.7 Å². The van der Waals surface area contributed by atoms with Crippen LogP contribution in [0.1, 0.15) is 32.6 Å². The topological polar surface area (TPSA) is 122 Å². The molecule has 0 unspecified atom stereocenters. The lowest BCUT2D eigenvalue weighted by atomic mass is 9.61. The Morgan fingerprint density at radius 3 is 2.66 bits per heavy atom. The van der Waals surface area contributed by atoms with Crippen LogP contribution in [0.4, 0.5) is 10.2 Å². The average Bonchev–Trinajstić information content (AvgIpc) is 3.34. The van der Waals surface area contributed by atoms with Gasteiger partial charge in [-0.1, -0.05) is 0 Å². The number of aromatic amines is 1. The zero-order chi connectivity index (χ0) is 26.4. The SMILES string of the molecule is CCOc1ccc(-n2cc(-c3c[nH]c4ncc(F)cc34)nc(N[C@H]3C4CCC(CC4)[C@@H]3C(=O)O)c2=O)cc1. The van der Waals surface area contributed by atoms with E-state index in [1.807, 2.05) is 6.92 Å². The lowest BCUT2D eigenvalue weighted by Crippen LogP contribution is -2.52. The molecule has 9 nitrogen and oxygen atoms in total. The van der Waals surface area contributed by atoms with Crippen molar-refractivity contribution >= 4 is 22.8 Å². The number of carboxylic acid groups (broad SMARTS) is 1. The Morgan fingerprint density at radius 1 is 1.21 bits per heavy atom. The van der Waals surface area contributed by atoms with Crippen LogP contribution in [0, 0.1) is 23.6 Å². The van der Waals surface area contributed by atoms with Gasteiger partial charge in [0, 0.05) is 35.1 Å². The molecule has 2 atom stereocenters. The number of rotatable bonds is 7. The average molecular weight is 518 g/mol. The Labute approximate surface area is 217 Å². The summed E-state index contributed by atoms with van der Waals surface area (Å²) in [5.41, 5.74) is 1.69. The van der Waals surface area contributed by atoms with Gasteiger partial charge >= 0.3 is 5.97 Å². The van der Waals surface area contributed by atoms with Crippen LogP contribution >= 0.6 is 0 Å². The molecule has 3 aliphatic rings. The van der Waals surface area contributed by atoms with Crippen LogP contribution < -0.4 is 15.6 Å². The highest BCUT2D eigenvalue weighted by molar-refractivity contribution is 5.92. The van der Waals surface area contributed by atoms with E-state index in [4.69, 9.17) is 4.74 Å². The lowest BCUT2D eigenvalue weighted by molar-refractivity contribution is -0.148. The summed E-state index contributed by atoms with van der Waals surface area (Å²) < 4.78 is 21.1. The number of nitrogens with zero attached hydrogens (tertiary/aromatic N) is 3. The number of aromatic nitrogens is 4. The largest absolute Gasteiger partial charge is 0.494 e. The molecule has 3 N–H and O–H groups in total. The first kappa shape index (κ1) is 24.1. The molecule has 3 aliphatic carbocycles. The predicted octanol–water partition coefficient (Wildman–Crippen LogP) is 4.61. The van der Waals surface area contributed by atoms with Crippen molar-refractivity contribution < 1.29 is 19.0 Å². The zero-order valence-corrected chi connectivity index (χ0v) is 20.9. The van der Waals surface area contributed by atoms with Gasteiger partial charge in [0.15, 0.2) is 5.82 Å². The maximum absolute atomic E-state index is 14.1. The minimum absolute atomic E-state index is 0.0684. The van der Waals surface area contributed by atoms with E-state index >= 15 is 0 Å². The third-order valence-corrected chi connectivity index (χ3v) is 7.91. The van der Waals surface area contributed by atoms with Crippen LogP contribution in [-0.2, 0) is 4.79 Å². The van der Waals surface area contributed by atoms with E-state index in [-0.39, 0.29) is 17.7 Å². The molecule has 0 aliphatic heterocycles. The minimum Gasteiger partial charge on any atom is -0.494 e. The van der Waals surface area contributed by atoms with Gasteiger partial charge in [0.2, 0.25) is 0 Å². The normalized spacial score (nSPS) is 22.5. The summed E-state index contributed by atoms with van der Waals surface area (Å²) in [6.45, 7) is 2.42. The second-order valence-corrected chi connectivity index (χ2v) is 10.0. The van der Waals surface area contributed by atoms with Gasteiger partial charge in [0.05, 0.1) is 24.4 Å². The molecule has 2 bridgehead atoms. The molecule has 10 heteroatoms. The monoisotopic (exact) mass is 517 g/mol. The quantitative estimate of drug-likeness (QED) is 0.327. The Kier molecular flexibility index (Phi) is 6.09. The molecule has 0 radical (unpaired) electrons. The van der Waals surface area contributed by atoms with Crippen molar-refractivity contribution in [2.75, 3.05) is 11.9 Å². The first-order valence-electron chi connectivity index (χ1n) is 12.9. The van der Waals surface area contributed by atoms with Crippen molar-refractivity contribution in [2.24, 2.45) is 17.8 Å². The zero-order valence-electron chi connectivity index (χ0n) is 20.9. The number of halogens is 1. The van der Waals surface area contributed by atoms with E-state index in [1.165, 1.54) is 10.6 Å². The number of pyridine rings is 1. The minimum atomic E-state index is -0.849. The Balaban J connectivity index is 1.49. The van der Waals surface area contributed by atoms with Crippen molar-refractivity contribution in [2.45, 2.75) is 38.6 Å². The standard InChI is InChI=1S/C28H28FN5O4/c1-2-38-19-9-7-18(8-10-19)34-14-22(21-13-31-25-20(21)11-17(29)12-30-25)32-26(27(34)35)33-24-16-5-3-15(4-6-16)23(24)28(36)37/h7-16,23-24H,2-6H2,1H3,(H,30,31)(H,32,33)(H,36,37)/t15?,16?,23-,24-/m0/s1. The number of anilines is 1. The van der Waals surface area contributed by atoms with Crippen molar-refractivity contribution in [1.82, 2.24) is 19.5 Å². The molecule has 7 rings (SSSR count). The van der Waals surface area contributed by atoms with Crippen molar-refractivity contribution in [3.8, 4) is 22.7 Å². The Bertz CT molecular complexity index is 1560. The third kappa shape index (κ3) is 4.19. The molecule has 3 saturated carbocycles. The molecule has 3 fully saturated rings. The number of aliphatic carboxylic acids is 1.